The van der Waals surface area contributed by atoms with Crippen LogP contribution in [0.15, 0.2) is 21.2 Å². The van der Waals surface area contributed by atoms with Gasteiger partial charge < -0.3 is 13.9 Å². The lowest BCUT2D eigenvalue weighted by Crippen LogP contribution is -2.22. The molecule has 2 aromatic rings. The summed E-state index contributed by atoms with van der Waals surface area (Å²) in [5.74, 6) is -2.43. The van der Waals surface area contributed by atoms with E-state index in [0.717, 1.165) is 5.56 Å². The second kappa shape index (κ2) is 9.84. The van der Waals surface area contributed by atoms with E-state index in [0.29, 0.717) is 6.42 Å². The third kappa shape index (κ3) is 5.53. The van der Waals surface area contributed by atoms with E-state index in [1.54, 1.807) is 6.92 Å². The SMILES string of the molecule is CCOC(=O)c1c(NC(=O)COC(=O)CCc2ccsc2)oc(C)c1C(C)=O. The van der Waals surface area contributed by atoms with E-state index in [1.807, 2.05) is 16.8 Å². The second-order valence-electron chi connectivity index (χ2n) is 5.85. The number of Topliss-reactive ketones (excluding diaryl/α,β-unsaturated/α-hetero) is 1. The Labute approximate surface area is 165 Å². The van der Waals surface area contributed by atoms with Crippen molar-refractivity contribution in [3.05, 3.63) is 39.3 Å². The number of carbonyl (C=O) groups is 4. The van der Waals surface area contributed by atoms with Crippen LogP contribution in [-0.4, -0.2) is 36.8 Å². The fourth-order valence-corrected chi connectivity index (χ4v) is 3.22. The van der Waals surface area contributed by atoms with Crippen LogP contribution >= 0.6 is 11.3 Å². The molecule has 0 unspecified atom stereocenters. The third-order valence-electron chi connectivity index (χ3n) is 3.73. The molecule has 0 aliphatic rings. The molecule has 0 saturated heterocycles. The molecule has 0 fully saturated rings. The molecule has 0 spiro atoms. The van der Waals surface area contributed by atoms with Crippen molar-refractivity contribution in [1.29, 1.82) is 0 Å². The molecule has 8 nitrogen and oxygen atoms in total. The van der Waals surface area contributed by atoms with Gasteiger partial charge in [0.1, 0.15) is 11.3 Å². The number of rotatable bonds is 9. The van der Waals surface area contributed by atoms with Gasteiger partial charge in [0.2, 0.25) is 5.88 Å². The van der Waals surface area contributed by atoms with E-state index >= 15 is 0 Å². The molecular weight excluding hydrogens is 386 g/mol. The van der Waals surface area contributed by atoms with E-state index in [-0.39, 0.29) is 35.8 Å². The molecule has 1 N–H and O–H groups in total. The second-order valence-corrected chi connectivity index (χ2v) is 6.63. The number of hydrogen-bond donors (Lipinski definition) is 1. The van der Waals surface area contributed by atoms with Crippen LogP contribution in [0.3, 0.4) is 0 Å². The Morgan fingerprint density at radius 2 is 1.93 bits per heavy atom. The first-order valence-electron chi connectivity index (χ1n) is 8.61. The van der Waals surface area contributed by atoms with Crippen LogP contribution in [0.5, 0.6) is 0 Å². The highest BCUT2D eigenvalue weighted by Crippen LogP contribution is 2.28. The van der Waals surface area contributed by atoms with Crippen molar-refractivity contribution in [1.82, 2.24) is 0 Å². The van der Waals surface area contributed by atoms with Gasteiger partial charge in [-0.05, 0) is 49.6 Å². The molecule has 0 aromatic carbocycles. The van der Waals surface area contributed by atoms with Crippen LogP contribution < -0.4 is 5.32 Å². The van der Waals surface area contributed by atoms with Gasteiger partial charge in [-0.15, -0.1) is 0 Å². The number of nitrogens with one attached hydrogen (secondary N) is 1. The number of ketones is 1. The highest BCUT2D eigenvalue weighted by molar-refractivity contribution is 7.07. The zero-order valence-electron chi connectivity index (χ0n) is 15.8. The summed E-state index contributed by atoms with van der Waals surface area (Å²) in [5, 5.41) is 6.20. The van der Waals surface area contributed by atoms with Crippen LogP contribution in [0, 0.1) is 6.92 Å². The topological polar surface area (TPSA) is 112 Å². The van der Waals surface area contributed by atoms with Crippen LogP contribution in [0.25, 0.3) is 0 Å². The van der Waals surface area contributed by atoms with E-state index in [9.17, 15) is 19.2 Å². The molecule has 1 amide bonds. The summed E-state index contributed by atoms with van der Waals surface area (Å²) in [4.78, 5) is 47.9. The molecule has 28 heavy (non-hydrogen) atoms. The molecule has 2 heterocycles. The Balaban J connectivity index is 1.99. The fraction of sp³-hybridized carbons (Fsp3) is 0.368. The Morgan fingerprint density at radius 1 is 1.18 bits per heavy atom. The first kappa shape index (κ1) is 21.4. The van der Waals surface area contributed by atoms with Crippen molar-refractivity contribution in [3.63, 3.8) is 0 Å². The Hall–Kier alpha value is -2.94. The van der Waals surface area contributed by atoms with Gasteiger partial charge >= 0.3 is 11.9 Å². The van der Waals surface area contributed by atoms with Crippen LogP contribution in [0.1, 0.15) is 52.3 Å². The van der Waals surface area contributed by atoms with Gasteiger partial charge in [0.15, 0.2) is 12.4 Å². The van der Waals surface area contributed by atoms with Gasteiger partial charge in [0, 0.05) is 6.42 Å². The Bertz CT molecular complexity index is 867. The number of anilines is 1. The number of ether oxygens (including phenoxy) is 2. The van der Waals surface area contributed by atoms with Crippen molar-refractivity contribution < 1.29 is 33.1 Å². The maximum atomic E-state index is 12.2. The van der Waals surface area contributed by atoms with Gasteiger partial charge in [-0.25, -0.2) is 4.79 Å². The number of hydrogen-bond acceptors (Lipinski definition) is 8. The first-order chi connectivity index (χ1) is 13.3. The zero-order chi connectivity index (χ0) is 20.7. The molecule has 0 aliphatic heterocycles. The number of thiophene rings is 1. The number of aryl methyl sites for hydroxylation is 2. The number of esters is 2. The lowest BCUT2D eigenvalue weighted by molar-refractivity contribution is -0.147. The predicted molar refractivity (Wildman–Crippen MR) is 102 cm³/mol. The highest BCUT2D eigenvalue weighted by Gasteiger charge is 2.28. The van der Waals surface area contributed by atoms with Crippen molar-refractivity contribution >= 4 is 40.9 Å². The lowest BCUT2D eigenvalue weighted by Gasteiger charge is -2.07. The van der Waals surface area contributed by atoms with Crippen molar-refractivity contribution in [2.24, 2.45) is 0 Å². The van der Waals surface area contributed by atoms with E-state index in [1.165, 1.54) is 25.2 Å². The molecule has 0 atom stereocenters. The molecule has 2 rings (SSSR count). The Morgan fingerprint density at radius 3 is 2.54 bits per heavy atom. The van der Waals surface area contributed by atoms with Crippen molar-refractivity contribution in [2.45, 2.75) is 33.6 Å². The molecular formula is C19H21NO7S. The van der Waals surface area contributed by atoms with Crippen molar-refractivity contribution in [3.8, 4) is 0 Å². The minimum absolute atomic E-state index is 0.0431. The molecule has 150 valence electrons. The largest absolute Gasteiger partial charge is 0.462 e. The third-order valence-corrected chi connectivity index (χ3v) is 4.46. The number of amides is 1. The van der Waals surface area contributed by atoms with E-state index in [2.05, 4.69) is 5.32 Å². The standard InChI is InChI=1S/C19H21NO7S/c1-4-25-19(24)17-16(11(2)21)12(3)27-18(17)20-14(22)9-26-15(23)6-5-13-7-8-28-10-13/h7-8,10H,4-6,9H2,1-3H3,(H,20,22). The molecule has 9 heteroatoms. The summed E-state index contributed by atoms with van der Waals surface area (Å²) in [6.45, 7) is 3.95. The van der Waals surface area contributed by atoms with Gasteiger partial charge in [-0.1, -0.05) is 0 Å². The quantitative estimate of drug-likeness (QED) is 0.502. The minimum Gasteiger partial charge on any atom is -0.462 e. The molecule has 0 radical (unpaired) electrons. The average Bonchev–Trinajstić information content (AvgIpc) is 3.25. The highest BCUT2D eigenvalue weighted by atomic mass is 32.1. The summed E-state index contributed by atoms with van der Waals surface area (Å²) in [5.41, 5.74) is 0.916. The average molecular weight is 407 g/mol. The summed E-state index contributed by atoms with van der Waals surface area (Å²) in [6.07, 6.45) is 0.669. The smallest absolute Gasteiger partial charge is 0.344 e. The van der Waals surface area contributed by atoms with E-state index in [4.69, 9.17) is 13.9 Å². The number of furan rings is 1. The van der Waals surface area contributed by atoms with Gasteiger partial charge in [0.25, 0.3) is 5.91 Å². The predicted octanol–water partition coefficient (Wildman–Crippen LogP) is 3.14. The van der Waals surface area contributed by atoms with Crippen LogP contribution in [0.2, 0.25) is 0 Å². The zero-order valence-corrected chi connectivity index (χ0v) is 16.6. The normalized spacial score (nSPS) is 10.4. The minimum atomic E-state index is -0.785. The summed E-state index contributed by atoms with van der Waals surface area (Å²) in [6, 6.07) is 1.91. The first-order valence-corrected chi connectivity index (χ1v) is 9.55. The molecule has 0 bridgehead atoms. The monoisotopic (exact) mass is 407 g/mol. The molecule has 2 aromatic heterocycles. The Kier molecular flexibility index (Phi) is 7.51. The fourth-order valence-electron chi connectivity index (χ4n) is 2.52. The maximum Gasteiger partial charge on any atom is 0.344 e. The lowest BCUT2D eigenvalue weighted by atomic mass is 10.1. The van der Waals surface area contributed by atoms with E-state index < -0.39 is 30.2 Å². The molecule has 0 saturated carbocycles. The molecule has 0 aliphatic carbocycles. The summed E-state index contributed by atoms with van der Waals surface area (Å²) < 4.78 is 15.2. The van der Waals surface area contributed by atoms with Gasteiger partial charge in [0.05, 0.1) is 12.2 Å². The number of carbonyl (C=O) groups excluding carboxylic acids is 4. The summed E-state index contributed by atoms with van der Waals surface area (Å²) >= 11 is 1.53. The van der Waals surface area contributed by atoms with Crippen LogP contribution in [0.4, 0.5) is 5.88 Å². The van der Waals surface area contributed by atoms with Gasteiger partial charge in [-0.3, -0.25) is 19.7 Å². The van der Waals surface area contributed by atoms with Crippen LogP contribution in [-0.2, 0) is 25.5 Å². The van der Waals surface area contributed by atoms with Crippen molar-refractivity contribution in [2.75, 3.05) is 18.5 Å². The summed E-state index contributed by atoms with van der Waals surface area (Å²) in [7, 11) is 0. The van der Waals surface area contributed by atoms with Gasteiger partial charge in [-0.2, -0.15) is 11.3 Å². The maximum absolute atomic E-state index is 12.2.